The summed E-state index contributed by atoms with van der Waals surface area (Å²) in [6.07, 6.45) is 1.64. The molecule has 1 unspecified atom stereocenters. The number of phenols is 1. The molecule has 5 rings (SSSR count). The maximum absolute atomic E-state index is 13.2. The largest absolute Gasteiger partial charge is 0.507 e. The highest BCUT2D eigenvalue weighted by Crippen LogP contribution is 2.45. The fraction of sp³-hybridized carbons (Fsp3) is 0.226. The van der Waals surface area contributed by atoms with Crippen molar-refractivity contribution >= 4 is 39.3 Å². The first-order chi connectivity index (χ1) is 19.4. The minimum atomic E-state index is -0.582. The van der Waals surface area contributed by atoms with Crippen molar-refractivity contribution in [3.63, 3.8) is 0 Å². The number of aromatic nitrogens is 1. The fourth-order valence-corrected chi connectivity index (χ4v) is 5.03. The number of pyridine rings is 1. The predicted octanol–water partition coefficient (Wildman–Crippen LogP) is 6.04. The van der Waals surface area contributed by atoms with Gasteiger partial charge in [-0.1, -0.05) is 48.0 Å². The number of nitrogens with one attached hydrogen (secondary N) is 1. The summed E-state index contributed by atoms with van der Waals surface area (Å²) in [6, 6.07) is 17.8. The number of carbonyl (C=O) groups is 1. The Balaban J connectivity index is 1.67. The summed E-state index contributed by atoms with van der Waals surface area (Å²) in [5.41, 5.74) is 8.84. The molecule has 2 heterocycles. The van der Waals surface area contributed by atoms with Gasteiger partial charge < -0.3 is 30.0 Å². The molecule has 206 valence electrons. The lowest BCUT2D eigenvalue weighted by Gasteiger charge is -2.23. The topological polar surface area (TPSA) is 120 Å². The normalized spacial score (nSPS) is 12.1. The number of rotatable bonds is 10. The van der Waals surface area contributed by atoms with Gasteiger partial charge >= 0.3 is 5.97 Å². The number of hydrogen-bond donors (Lipinski definition) is 3. The van der Waals surface area contributed by atoms with E-state index in [0.29, 0.717) is 63.7 Å². The molecule has 2 aromatic heterocycles. The van der Waals surface area contributed by atoms with Crippen molar-refractivity contribution in [1.82, 2.24) is 10.3 Å². The molecule has 1 atom stereocenters. The molecule has 0 radical (unpaired) electrons. The second-order valence-corrected chi connectivity index (χ2v) is 9.72. The highest BCUT2D eigenvalue weighted by molar-refractivity contribution is 6.30. The van der Waals surface area contributed by atoms with Gasteiger partial charge in [0.2, 0.25) is 5.88 Å². The number of hydrogen-bond acceptors (Lipinski definition) is 8. The molecule has 8 nitrogen and oxygen atoms in total. The molecular formula is C31H30ClN3O5. The van der Waals surface area contributed by atoms with E-state index in [-0.39, 0.29) is 17.9 Å². The van der Waals surface area contributed by atoms with Crippen molar-refractivity contribution < 1.29 is 23.8 Å². The summed E-state index contributed by atoms with van der Waals surface area (Å²) in [5, 5.41) is 17.6. The summed E-state index contributed by atoms with van der Waals surface area (Å²) >= 11 is 6.00. The molecule has 0 bridgehead atoms. The number of halogens is 1. The van der Waals surface area contributed by atoms with Crippen LogP contribution in [0.15, 0.2) is 71.3 Å². The van der Waals surface area contributed by atoms with Crippen LogP contribution in [-0.2, 0) is 11.3 Å². The van der Waals surface area contributed by atoms with Crippen molar-refractivity contribution in [2.45, 2.75) is 26.5 Å². The third-order valence-corrected chi connectivity index (χ3v) is 6.94. The Morgan fingerprint density at radius 2 is 1.90 bits per heavy atom. The number of aromatic hydroxyl groups is 1. The van der Waals surface area contributed by atoms with Crippen LogP contribution in [0, 0.1) is 6.92 Å². The van der Waals surface area contributed by atoms with Crippen molar-refractivity contribution in [2.24, 2.45) is 5.73 Å². The number of benzene rings is 3. The third-order valence-electron chi connectivity index (χ3n) is 6.69. The molecule has 0 aliphatic heterocycles. The van der Waals surface area contributed by atoms with Crippen LogP contribution in [0.2, 0.25) is 5.02 Å². The molecule has 0 aliphatic carbocycles. The van der Waals surface area contributed by atoms with Crippen LogP contribution in [0.25, 0.3) is 21.7 Å². The number of esters is 1. The lowest BCUT2D eigenvalue weighted by Crippen LogP contribution is -2.28. The van der Waals surface area contributed by atoms with E-state index in [0.717, 1.165) is 11.1 Å². The van der Waals surface area contributed by atoms with Gasteiger partial charge in [-0.3, -0.25) is 0 Å². The minimum absolute atomic E-state index is 0.0319. The molecule has 4 N–H and O–H groups in total. The third kappa shape index (κ3) is 5.34. The van der Waals surface area contributed by atoms with E-state index in [9.17, 15) is 9.90 Å². The number of ether oxygens (including phenoxy) is 2. The molecule has 0 aliphatic rings. The number of phenolic OH excluding ortho intramolecular Hbond substituents is 1. The zero-order chi connectivity index (χ0) is 28.2. The first-order valence-corrected chi connectivity index (χ1v) is 13.4. The lowest BCUT2D eigenvalue weighted by atomic mass is 9.90. The molecule has 0 spiro atoms. The Labute approximate surface area is 236 Å². The van der Waals surface area contributed by atoms with E-state index in [1.165, 1.54) is 0 Å². The van der Waals surface area contributed by atoms with E-state index >= 15 is 0 Å². The van der Waals surface area contributed by atoms with Crippen molar-refractivity contribution in [1.29, 1.82) is 0 Å². The number of fused-ring (bicyclic) bond motifs is 3. The molecule has 0 fully saturated rings. The van der Waals surface area contributed by atoms with Crippen LogP contribution in [0.3, 0.4) is 0 Å². The van der Waals surface area contributed by atoms with Crippen LogP contribution >= 0.6 is 11.6 Å². The number of nitrogens with two attached hydrogens (primary N) is 1. The van der Waals surface area contributed by atoms with Gasteiger partial charge in [0.25, 0.3) is 0 Å². The van der Waals surface area contributed by atoms with Crippen LogP contribution in [0.1, 0.15) is 45.8 Å². The van der Waals surface area contributed by atoms with Crippen molar-refractivity contribution in [2.75, 3.05) is 19.7 Å². The van der Waals surface area contributed by atoms with Gasteiger partial charge in [-0.05, 0) is 43.2 Å². The maximum Gasteiger partial charge on any atom is 0.342 e. The molecule has 5 aromatic rings. The summed E-state index contributed by atoms with van der Waals surface area (Å²) in [6.45, 7) is 4.76. The first-order valence-electron chi connectivity index (χ1n) is 13.0. The molecule has 0 saturated carbocycles. The predicted molar refractivity (Wildman–Crippen MR) is 155 cm³/mol. The summed E-state index contributed by atoms with van der Waals surface area (Å²) in [7, 11) is 0. The molecule has 0 saturated heterocycles. The Morgan fingerprint density at radius 1 is 1.15 bits per heavy atom. The molecule has 3 aromatic carbocycles. The van der Waals surface area contributed by atoms with Gasteiger partial charge in [-0.15, -0.1) is 0 Å². The Hall–Kier alpha value is -4.11. The zero-order valence-corrected chi connectivity index (χ0v) is 23.0. The van der Waals surface area contributed by atoms with Gasteiger partial charge in [0.15, 0.2) is 0 Å². The number of carbonyl (C=O) groups excluding carboxylic acids is 1. The molecule has 40 heavy (non-hydrogen) atoms. The monoisotopic (exact) mass is 559 g/mol. The quantitative estimate of drug-likeness (QED) is 0.177. The van der Waals surface area contributed by atoms with E-state index in [1.54, 1.807) is 32.2 Å². The first kappa shape index (κ1) is 27.5. The maximum atomic E-state index is 13.2. The van der Waals surface area contributed by atoms with Crippen LogP contribution in [-0.4, -0.2) is 35.8 Å². The molecular weight excluding hydrogens is 530 g/mol. The summed E-state index contributed by atoms with van der Waals surface area (Å²) in [4.78, 5) is 17.5. The van der Waals surface area contributed by atoms with Crippen LogP contribution in [0.5, 0.6) is 11.6 Å². The van der Waals surface area contributed by atoms with Gasteiger partial charge in [0.1, 0.15) is 29.3 Å². The summed E-state index contributed by atoms with van der Waals surface area (Å²) < 4.78 is 17.6. The van der Waals surface area contributed by atoms with Gasteiger partial charge in [-0.2, -0.15) is 0 Å². The smallest absolute Gasteiger partial charge is 0.342 e. The van der Waals surface area contributed by atoms with E-state index in [2.05, 4.69) is 10.3 Å². The highest BCUT2D eigenvalue weighted by atomic mass is 35.5. The zero-order valence-electron chi connectivity index (χ0n) is 22.2. The second-order valence-electron chi connectivity index (χ2n) is 9.28. The standard InChI is InChI=1S/C31H30ClN3O5/c1-3-38-31(37)25-18(2)40-30-23-7-5-4-6-22(23)29(36)27(26(25)30)28(35-15-13-33)20-12-14-34-24(16-20)39-17-19-8-10-21(32)11-9-19/h4-12,14,16,28,35-36H,3,13,15,17,33H2,1-2H3. The SMILES string of the molecule is CCOC(=O)c1c(C)oc2c1c(C(NCCN)c1ccnc(OCc3ccc(Cl)cc3)c1)c(O)c1ccccc12. The minimum Gasteiger partial charge on any atom is -0.507 e. The average molecular weight is 560 g/mol. The van der Waals surface area contributed by atoms with E-state index in [1.807, 2.05) is 48.5 Å². The number of aryl methyl sites for hydroxylation is 1. The van der Waals surface area contributed by atoms with E-state index < -0.39 is 12.0 Å². The number of nitrogens with zero attached hydrogens (tertiary/aromatic N) is 1. The van der Waals surface area contributed by atoms with Gasteiger partial charge in [0.05, 0.1) is 12.6 Å². The molecule has 0 amide bonds. The van der Waals surface area contributed by atoms with Gasteiger partial charge in [-0.25, -0.2) is 9.78 Å². The van der Waals surface area contributed by atoms with E-state index in [4.69, 9.17) is 31.2 Å². The Bertz CT molecular complexity index is 1670. The van der Waals surface area contributed by atoms with Crippen molar-refractivity contribution in [3.8, 4) is 11.6 Å². The Morgan fingerprint density at radius 3 is 2.62 bits per heavy atom. The summed E-state index contributed by atoms with van der Waals surface area (Å²) in [5.74, 6) is 0.320. The van der Waals surface area contributed by atoms with Gasteiger partial charge in [0, 0.05) is 52.1 Å². The van der Waals surface area contributed by atoms with Crippen LogP contribution < -0.4 is 15.8 Å². The average Bonchev–Trinajstić information content (AvgIpc) is 3.31. The lowest BCUT2D eigenvalue weighted by molar-refractivity contribution is 0.0526. The number of furan rings is 1. The second kappa shape index (κ2) is 12.0. The molecule has 9 heteroatoms. The highest BCUT2D eigenvalue weighted by Gasteiger charge is 2.31. The van der Waals surface area contributed by atoms with Crippen LogP contribution in [0.4, 0.5) is 0 Å². The van der Waals surface area contributed by atoms with Crippen molar-refractivity contribution in [3.05, 3.63) is 99.9 Å². The fourth-order valence-electron chi connectivity index (χ4n) is 4.91. The Kier molecular flexibility index (Phi) is 8.21.